The maximum absolute atomic E-state index is 11.7. The molecule has 0 aliphatic carbocycles. The summed E-state index contributed by atoms with van der Waals surface area (Å²) < 4.78 is 39.3. The minimum Gasteiger partial charge on any atom is -0.459 e. The lowest BCUT2D eigenvalue weighted by atomic mass is 10.4. The van der Waals surface area contributed by atoms with Crippen LogP contribution in [-0.2, 0) is 14.4 Å². The summed E-state index contributed by atoms with van der Waals surface area (Å²) in [5.74, 6) is -2.24. The molecule has 0 unspecified atom stereocenters. The Morgan fingerprint density at radius 2 is 1.94 bits per heavy atom. The van der Waals surface area contributed by atoms with Gasteiger partial charge in [-0.3, -0.25) is 4.84 Å². The fraction of sp³-hybridized carbons (Fsp3) is 0.875. The number of hydrogen-bond acceptors (Lipinski definition) is 5. The molecule has 0 saturated carbocycles. The summed E-state index contributed by atoms with van der Waals surface area (Å²) in [5, 5.41) is 9.00. The van der Waals surface area contributed by atoms with Gasteiger partial charge in [-0.1, -0.05) is 0 Å². The van der Waals surface area contributed by atoms with E-state index in [1.807, 2.05) is 0 Å². The van der Waals surface area contributed by atoms with E-state index in [-0.39, 0.29) is 24.2 Å². The van der Waals surface area contributed by atoms with E-state index in [0.717, 1.165) is 0 Å². The number of ether oxygens (including phenoxy) is 1. The van der Waals surface area contributed by atoms with Crippen molar-refractivity contribution in [3.05, 3.63) is 10.1 Å². The lowest BCUT2D eigenvalue weighted by molar-refractivity contribution is -0.957. The van der Waals surface area contributed by atoms with E-state index in [4.69, 9.17) is 0 Å². The second-order valence-corrected chi connectivity index (χ2v) is 4.13. The maximum Gasteiger partial charge on any atom is 0.490 e. The topological polar surface area (TPSA) is 78.7 Å². The first kappa shape index (κ1) is 16.4. The molecular formula is C8H14F3N2O5+. The summed E-state index contributed by atoms with van der Waals surface area (Å²) in [7, 11) is 3.18. The number of carbonyl (C=O) groups is 1. The Morgan fingerprint density at radius 1 is 1.39 bits per heavy atom. The number of nitrogens with zero attached hydrogens (tertiary/aromatic N) is 2. The first-order valence-corrected chi connectivity index (χ1v) is 4.88. The zero-order valence-corrected chi connectivity index (χ0v) is 9.90. The number of quaternary nitrogens is 1. The Morgan fingerprint density at radius 3 is 2.39 bits per heavy atom. The van der Waals surface area contributed by atoms with Crippen LogP contribution in [0.2, 0.25) is 0 Å². The summed E-state index contributed by atoms with van der Waals surface area (Å²) in [4.78, 5) is 24.4. The minimum absolute atomic E-state index is 0.0601. The average molecular weight is 275 g/mol. The van der Waals surface area contributed by atoms with Crippen molar-refractivity contribution in [1.29, 1.82) is 0 Å². The molecule has 0 N–H and O–H groups in total. The highest BCUT2D eigenvalue weighted by atomic mass is 19.4. The Balaban J connectivity index is 3.83. The molecule has 0 heterocycles. The van der Waals surface area contributed by atoms with Crippen molar-refractivity contribution >= 4 is 5.97 Å². The predicted octanol–water partition coefficient (Wildman–Crippen LogP) is 0.724. The number of esters is 1. The van der Waals surface area contributed by atoms with Gasteiger partial charge >= 0.3 is 12.1 Å². The first-order valence-electron chi connectivity index (χ1n) is 4.88. The van der Waals surface area contributed by atoms with E-state index in [9.17, 15) is 28.1 Å². The molecule has 18 heavy (non-hydrogen) atoms. The predicted molar refractivity (Wildman–Crippen MR) is 51.6 cm³/mol. The number of carbonyl (C=O) groups excluding carboxylic acids is 1. The monoisotopic (exact) mass is 275 g/mol. The molecule has 0 fully saturated rings. The van der Waals surface area contributed by atoms with Crippen LogP contribution in [0.1, 0.15) is 6.42 Å². The summed E-state index contributed by atoms with van der Waals surface area (Å²) >= 11 is 0. The Kier molecular flexibility index (Phi) is 5.82. The van der Waals surface area contributed by atoms with Gasteiger partial charge in [0.1, 0.15) is 0 Å². The zero-order valence-electron chi connectivity index (χ0n) is 9.90. The number of alkyl halides is 3. The molecule has 0 amide bonds. The van der Waals surface area contributed by atoms with Crippen LogP contribution in [0.5, 0.6) is 0 Å². The van der Waals surface area contributed by atoms with Crippen molar-refractivity contribution in [2.45, 2.75) is 12.6 Å². The van der Waals surface area contributed by atoms with E-state index in [2.05, 4.69) is 9.57 Å². The Hall–Kier alpha value is -1.58. The number of rotatable bonds is 7. The van der Waals surface area contributed by atoms with Gasteiger partial charge in [0.25, 0.3) is 5.09 Å². The minimum atomic E-state index is -5.00. The first-order chi connectivity index (χ1) is 8.04. The second kappa shape index (κ2) is 6.38. The van der Waals surface area contributed by atoms with Crippen LogP contribution in [-0.4, -0.2) is 55.7 Å². The van der Waals surface area contributed by atoms with Gasteiger partial charge in [0, 0.05) is 6.42 Å². The van der Waals surface area contributed by atoms with Gasteiger partial charge in [-0.25, -0.2) is 4.79 Å². The smallest absolute Gasteiger partial charge is 0.459 e. The number of halogens is 3. The fourth-order valence-electron chi connectivity index (χ4n) is 1.01. The second-order valence-electron chi connectivity index (χ2n) is 4.13. The molecule has 0 aliphatic heterocycles. The summed E-state index contributed by atoms with van der Waals surface area (Å²) in [5.41, 5.74) is 0. The summed E-state index contributed by atoms with van der Waals surface area (Å²) in [6.45, 7) is -0.377. The molecule has 0 spiro atoms. The fourth-order valence-corrected chi connectivity index (χ4v) is 1.01. The van der Waals surface area contributed by atoms with Crippen LogP contribution in [0.25, 0.3) is 0 Å². The summed E-state index contributed by atoms with van der Waals surface area (Å²) in [6.07, 6.45) is -4.87. The maximum atomic E-state index is 11.7. The number of hydrogen-bond donors (Lipinski definition) is 0. The molecule has 106 valence electrons. The van der Waals surface area contributed by atoms with Crippen molar-refractivity contribution in [2.24, 2.45) is 0 Å². The van der Waals surface area contributed by atoms with E-state index in [0.29, 0.717) is 0 Å². The molecule has 0 aromatic heterocycles. The largest absolute Gasteiger partial charge is 0.490 e. The standard InChI is InChI=1S/C8H14F3N2O5/c1-13(2,6-18-12(15)16)4-3-5-17-7(14)8(9,10)11/h3-6H2,1-2H3/q+1. The van der Waals surface area contributed by atoms with E-state index in [1.54, 1.807) is 14.1 Å². The molecule has 0 rings (SSSR count). The van der Waals surface area contributed by atoms with E-state index >= 15 is 0 Å². The van der Waals surface area contributed by atoms with Gasteiger partial charge < -0.3 is 9.22 Å². The zero-order chi connectivity index (χ0) is 14.4. The molecule has 7 nitrogen and oxygen atoms in total. The SMILES string of the molecule is C[N+](C)(CCCOC(=O)C(F)(F)F)CO[N+](=O)[O-]. The van der Waals surface area contributed by atoms with Crippen molar-refractivity contribution in [3.8, 4) is 0 Å². The van der Waals surface area contributed by atoms with Gasteiger partial charge in [0.05, 0.1) is 27.2 Å². The molecular weight excluding hydrogens is 261 g/mol. The van der Waals surface area contributed by atoms with Gasteiger partial charge in [-0.2, -0.15) is 13.2 Å². The van der Waals surface area contributed by atoms with Crippen LogP contribution < -0.4 is 0 Å². The molecule has 0 aliphatic rings. The molecule has 0 aromatic carbocycles. The van der Waals surface area contributed by atoms with E-state index < -0.39 is 23.8 Å². The molecule has 0 saturated heterocycles. The average Bonchev–Trinajstić information content (AvgIpc) is 2.20. The van der Waals surface area contributed by atoms with Crippen LogP contribution in [0.15, 0.2) is 0 Å². The molecule has 10 heteroatoms. The Labute approximate surface area is 101 Å². The van der Waals surface area contributed by atoms with E-state index in [1.165, 1.54) is 0 Å². The van der Waals surface area contributed by atoms with Crippen molar-refractivity contribution in [3.63, 3.8) is 0 Å². The Bertz CT molecular complexity index is 306. The van der Waals surface area contributed by atoms with Gasteiger partial charge in [-0.15, -0.1) is 10.1 Å². The highest BCUT2D eigenvalue weighted by molar-refractivity contribution is 5.75. The van der Waals surface area contributed by atoms with Gasteiger partial charge in [0.2, 0.25) is 6.73 Å². The van der Waals surface area contributed by atoms with Crippen LogP contribution >= 0.6 is 0 Å². The van der Waals surface area contributed by atoms with Crippen LogP contribution in [0.3, 0.4) is 0 Å². The lowest BCUT2D eigenvalue weighted by Gasteiger charge is -2.27. The molecule has 0 radical (unpaired) electrons. The molecule has 0 bridgehead atoms. The summed E-state index contributed by atoms with van der Waals surface area (Å²) in [6, 6.07) is 0. The lowest BCUT2D eigenvalue weighted by Crippen LogP contribution is -2.43. The van der Waals surface area contributed by atoms with Gasteiger partial charge in [-0.05, 0) is 0 Å². The highest BCUT2D eigenvalue weighted by Crippen LogP contribution is 2.16. The third kappa shape index (κ3) is 7.65. The third-order valence-corrected chi connectivity index (χ3v) is 1.89. The quantitative estimate of drug-likeness (QED) is 0.171. The molecule has 0 aromatic rings. The highest BCUT2D eigenvalue weighted by Gasteiger charge is 2.40. The molecule has 0 atom stereocenters. The normalized spacial score (nSPS) is 12.1. The van der Waals surface area contributed by atoms with Crippen molar-refractivity contribution < 1.29 is 37.1 Å². The van der Waals surface area contributed by atoms with Gasteiger partial charge in [0.15, 0.2) is 0 Å². The van der Waals surface area contributed by atoms with Crippen LogP contribution in [0, 0.1) is 10.1 Å². The van der Waals surface area contributed by atoms with Crippen LogP contribution in [0.4, 0.5) is 13.2 Å². The van der Waals surface area contributed by atoms with Crippen molar-refractivity contribution in [2.75, 3.05) is 34.0 Å². The van der Waals surface area contributed by atoms with Crippen molar-refractivity contribution in [1.82, 2.24) is 0 Å². The third-order valence-electron chi connectivity index (χ3n) is 1.89.